The van der Waals surface area contributed by atoms with Crippen molar-refractivity contribution in [1.29, 1.82) is 0 Å². The minimum absolute atomic E-state index is 0.679. The normalized spacial score (nSPS) is 11.4. The molecular weight excluding hydrogens is 350 g/mol. The molecule has 0 spiro atoms. The van der Waals surface area contributed by atoms with Gasteiger partial charge in [-0.15, -0.1) is 21.5 Å². The largest absolute Gasteiger partial charge is 0.335 e. The molecule has 2 aromatic heterocycles. The van der Waals surface area contributed by atoms with Crippen molar-refractivity contribution in [2.75, 3.05) is 5.84 Å². The maximum atomic E-state index is 6.18. The Balaban J connectivity index is 1.63. The Morgan fingerprint density at radius 3 is 2.68 bits per heavy atom. The fourth-order valence-electron chi connectivity index (χ4n) is 2.36. The van der Waals surface area contributed by atoms with Gasteiger partial charge in [0.15, 0.2) is 5.82 Å². The quantitative estimate of drug-likeness (QED) is 0.494. The van der Waals surface area contributed by atoms with Gasteiger partial charge >= 0.3 is 0 Å². The Hall–Kier alpha value is -1.86. The average molecular weight is 374 g/mol. The molecule has 2 N–H and O–H groups in total. The van der Waals surface area contributed by atoms with Crippen molar-refractivity contribution in [3.63, 3.8) is 0 Å². The molecule has 0 unspecified atom stereocenters. The molecule has 0 aliphatic rings. The first-order chi connectivity index (χ1) is 12.0. The maximum Gasteiger partial charge on any atom is 0.210 e. The summed E-state index contributed by atoms with van der Waals surface area (Å²) in [6.07, 6.45) is 2.23. The van der Waals surface area contributed by atoms with E-state index in [-0.39, 0.29) is 0 Å². The molecule has 5 nitrogen and oxygen atoms in total. The molecule has 0 fully saturated rings. The standard InChI is InChI=1S/C18H23N5S2/c1-12(2)4-9-16-20-15(10-24-16)11-25-18-22-21-17(23(18)19)14-7-5-13(3)6-8-14/h5-8,10,12H,4,9,11,19H2,1-3H3. The topological polar surface area (TPSA) is 69.6 Å². The zero-order valence-corrected chi connectivity index (χ0v) is 16.4. The molecule has 0 amide bonds. The molecule has 0 aliphatic heterocycles. The molecular formula is C18H23N5S2. The number of nitrogens with zero attached hydrogens (tertiary/aromatic N) is 4. The second-order valence-electron chi connectivity index (χ2n) is 6.50. The molecule has 0 aliphatic carbocycles. The van der Waals surface area contributed by atoms with E-state index in [9.17, 15) is 0 Å². The molecule has 1 aromatic carbocycles. The van der Waals surface area contributed by atoms with Gasteiger partial charge in [-0.3, -0.25) is 0 Å². The van der Waals surface area contributed by atoms with Crippen LogP contribution in [0.5, 0.6) is 0 Å². The smallest absolute Gasteiger partial charge is 0.210 e. The van der Waals surface area contributed by atoms with Crippen molar-refractivity contribution >= 4 is 23.1 Å². The van der Waals surface area contributed by atoms with Gasteiger partial charge in [-0.05, 0) is 25.7 Å². The summed E-state index contributed by atoms with van der Waals surface area (Å²) in [7, 11) is 0. The zero-order valence-electron chi connectivity index (χ0n) is 14.8. The number of aryl methyl sites for hydroxylation is 2. The highest BCUT2D eigenvalue weighted by atomic mass is 32.2. The van der Waals surface area contributed by atoms with Crippen LogP contribution in [0.3, 0.4) is 0 Å². The van der Waals surface area contributed by atoms with Crippen molar-refractivity contribution in [2.45, 2.75) is 44.5 Å². The van der Waals surface area contributed by atoms with Crippen molar-refractivity contribution in [3.8, 4) is 11.4 Å². The molecule has 0 radical (unpaired) electrons. The Morgan fingerprint density at radius 1 is 1.20 bits per heavy atom. The van der Waals surface area contributed by atoms with Gasteiger partial charge < -0.3 is 5.84 Å². The van der Waals surface area contributed by atoms with Crippen molar-refractivity contribution < 1.29 is 0 Å². The second-order valence-corrected chi connectivity index (χ2v) is 8.38. The lowest BCUT2D eigenvalue weighted by molar-refractivity contribution is 0.585. The van der Waals surface area contributed by atoms with E-state index in [0.717, 1.165) is 23.4 Å². The third-order valence-corrected chi connectivity index (χ3v) is 5.79. The van der Waals surface area contributed by atoms with E-state index < -0.39 is 0 Å². The van der Waals surface area contributed by atoms with Crippen LogP contribution in [0, 0.1) is 12.8 Å². The van der Waals surface area contributed by atoms with Crippen LogP contribution in [0.2, 0.25) is 0 Å². The third kappa shape index (κ3) is 4.61. The summed E-state index contributed by atoms with van der Waals surface area (Å²) in [5.41, 5.74) is 3.25. The number of nitrogen functional groups attached to an aromatic ring is 1. The number of aromatic nitrogens is 4. The summed E-state index contributed by atoms with van der Waals surface area (Å²) >= 11 is 3.30. The highest BCUT2D eigenvalue weighted by molar-refractivity contribution is 7.98. The van der Waals surface area contributed by atoms with Crippen LogP contribution < -0.4 is 5.84 Å². The van der Waals surface area contributed by atoms with Gasteiger partial charge in [0, 0.05) is 16.7 Å². The summed E-state index contributed by atoms with van der Waals surface area (Å²) in [5.74, 6) is 8.31. The molecule has 2 heterocycles. The molecule has 3 rings (SSSR count). The van der Waals surface area contributed by atoms with Crippen LogP contribution in [0.25, 0.3) is 11.4 Å². The molecule has 132 valence electrons. The minimum Gasteiger partial charge on any atom is -0.335 e. The zero-order chi connectivity index (χ0) is 17.8. The fourth-order valence-corrected chi connectivity index (χ4v) is 4.02. The molecule has 3 aromatic rings. The monoisotopic (exact) mass is 373 g/mol. The van der Waals surface area contributed by atoms with Crippen LogP contribution in [-0.4, -0.2) is 19.9 Å². The van der Waals surface area contributed by atoms with E-state index in [1.165, 1.54) is 17.0 Å². The lowest BCUT2D eigenvalue weighted by atomic mass is 10.1. The first-order valence-corrected chi connectivity index (χ1v) is 10.2. The van der Waals surface area contributed by atoms with E-state index in [1.807, 2.05) is 24.3 Å². The number of benzene rings is 1. The molecule has 0 atom stereocenters. The molecule has 0 saturated heterocycles. The number of thiazole rings is 1. The Morgan fingerprint density at radius 2 is 1.96 bits per heavy atom. The summed E-state index contributed by atoms with van der Waals surface area (Å²) in [6, 6.07) is 8.12. The van der Waals surface area contributed by atoms with Crippen molar-refractivity contribution in [2.24, 2.45) is 5.92 Å². The fraction of sp³-hybridized carbons (Fsp3) is 0.389. The summed E-state index contributed by atoms with van der Waals surface area (Å²) < 4.78 is 1.56. The van der Waals surface area contributed by atoms with Crippen LogP contribution in [-0.2, 0) is 12.2 Å². The number of hydrogen-bond donors (Lipinski definition) is 1. The van der Waals surface area contributed by atoms with Gasteiger partial charge in [0.2, 0.25) is 5.16 Å². The maximum absolute atomic E-state index is 6.18. The van der Waals surface area contributed by atoms with E-state index in [0.29, 0.717) is 16.9 Å². The van der Waals surface area contributed by atoms with Crippen molar-refractivity contribution in [3.05, 3.63) is 45.9 Å². The second kappa shape index (κ2) is 8.01. The van der Waals surface area contributed by atoms with Crippen molar-refractivity contribution in [1.82, 2.24) is 19.9 Å². The number of thioether (sulfide) groups is 1. The first-order valence-electron chi connectivity index (χ1n) is 8.36. The molecule has 25 heavy (non-hydrogen) atoms. The first kappa shape index (κ1) is 17.9. The predicted octanol–water partition coefficient (Wildman–Crippen LogP) is 4.30. The van der Waals surface area contributed by atoms with Gasteiger partial charge in [0.1, 0.15) is 0 Å². The van der Waals surface area contributed by atoms with Gasteiger partial charge in [-0.2, -0.15) is 0 Å². The Labute approximate surface area is 156 Å². The lowest BCUT2D eigenvalue weighted by Crippen LogP contribution is -2.11. The number of rotatable bonds is 7. The molecule has 0 bridgehead atoms. The Kier molecular flexibility index (Phi) is 5.75. The van der Waals surface area contributed by atoms with Gasteiger partial charge in [0.25, 0.3) is 0 Å². The highest BCUT2D eigenvalue weighted by Gasteiger charge is 2.13. The minimum atomic E-state index is 0.679. The molecule has 7 heteroatoms. The van der Waals surface area contributed by atoms with Gasteiger partial charge in [-0.25, -0.2) is 9.66 Å². The average Bonchev–Trinajstić information content (AvgIpc) is 3.19. The predicted molar refractivity (Wildman–Crippen MR) is 105 cm³/mol. The van der Waals surface area contributed by atoms with Gasteiger partial charge in [-0.1, -0.05) is 55.4 Å². The third-order valence-electron chi connectivity index (χ3n) is 3.86. The van der Waals surface area contributed by atoms with E-state index in [2.05, 4.69) is 36.3 Å². The SMILES string of the molecule is Cc1ccc(-c2nnc(SCc3csc(CCC(C)C)n3)n2N)cc1. The van der Waals surface area contributed by atoms with Crippen LogP contribution in [0.15, 0.2) is 34.8 Å². The number of hydrogen-bond acceptors (Lipinski definition) is 6. The van der Waals surface area contributed by atoms with E-state index in [4.69, 9.17) is 10.8 Å². The Bertz CT molecular complexity index is 820. The van der Waals surface area contributed by atoms with E-state index >= 15 is 0 Å². The van der Waals surface area contributed by atoms with Crippen LogP contribution in [0.4, 0.5) is 0 Å². The summed E-state index contributed by atoms with van der Waals surface area (Å²) in [6.45, 7) is 6.54. The van der Waals surface area contributed by atoms with Crippen LogP contribution >= 0.6 is 23.1 Å². The summed E-state index contributed by atoms with van der Waals surface area (Å²) in [4.78, 5) is 4.70. The van der Waals surface area contributed by atoms with E-state index in [1.54, 1.807) is 27.8 Å². The lowest BCUT2D eigenvalue weighted by Gasteiger charge is -2.03. The summed E-state index contributed by atoms with van der Waals surface area (Å²) in [5, 5.41) is 12.5. The number of nitrogens with two attached hydrogens (primary N) is 1. The highest BCUT2D eigenvalue weighted by Crippen LogP contribution is 2.25. The van der Waals surface area contributed by atoms with Gasteiger partial charge in [0.05, 0.1) is 10.7 Å². The molecule has 0 saturated carbocycles. The van der Waals surface area contributed by atoms with Crippen LogP contribution in [0.1, 0.15) is 36.5 Å².